The summed E-state index contributed by atoms with van der Waals surface area (Å²) in [5.74, 6) is 0.886. The summed E-state index contributed by atoms with van der Waals surface area (Å²) in [6, 6.07) is 3.33. The lowest BCUT2D eigenvalue weighted by Gasteiger charge is -2.11. The van der Waals surface area contributed by atoms with Gasteiger partial charge in [-0.25, -0.2) is 0 Å². The van der Waals surface area contributed by atoms with E-state index in [2.05, 4.69) is 27.9 Å². The molecule has 0 saturated heterocycles. The molecule has 21 heavy (non-hydrogen) atoms. The number of carbonyl (C=O) groups excluding carboxylic acids is 1. The zero-order chi connectivity index (χ0) is 15.3. The van der Waals surface area contributed by atoms with Crippen LogP contribution in [0.4, 0.5) is 0 Å². The Labute approximate surface area is 126 Å². The molecule has 1 heterocycles. The second-order valence-corrected chi connectivity index (χ2v) is 4.72. The normalized spacial score (nSPS) is 11.2. The molecule has 0 unspecified atom stereocenters. The highest BCUT2D eigenvalue weighted by Gasteiger charge is 2.06. The summed E-state index contributed by atoms with van der Waals surface area (Å²) in [4.78, 5) is 15.7. The maximum absolute atomic E-state index is 11.6. The van der Waals surface area contributed by atoms with Gasteiger partial charge in [0.2, 0.25) is 0 Å². The van der Waals surface area contributed by atoms with Crippen LogP contribution in [0.25, 0.3) is 0 Å². The molecule has 118 valence electrons. The van der Waals surface area contributed by atoms with Crippen LogP contribution in [0.15, 0.2) is 27.8 Å². The zero-order valence-electron chi connectivity index (χ0n) is 12.9. The molecule has 0 aliphatic carbocycles. The number of aliphatic imine (C=N–C) groups is 1. The number of carbonyl (C=O) groups is 1. The third-order valence-electron chi connectivity index (χ3n) is 2.99. The fourth-order valence-corrected chi connectivity index (χ4v) is 1.83. The maximum Gasteiger partial charge on any atom is 0.287 e. The summed E-state index contributed by atoms with van der Waals surface area (Å²) in [7, 11) is 1.74. The molecular weight excluding hydrogens is 268 g/mol. The molecule has 0 fully saturated rings. The standard InChI is InChI=1S/C15H26N4O2/c1-3-4-5-6-9-18-15(16-2)19-11-10-17-14(20)13-8-7-12-21-13/h7-8,12H,3-6,9-11H2,1-2H3,(H,17,20)(H2,16,18,19). The Morgan fingerprint density at radius 3 is 2.57 bits per heavy atom. The van der Waals surface area contributed by atoms with Crippen molar-refractivity contribution in [1.82, 2.24) is 16.0 Å². The molecule has 0 radical (unpaired) electrons. The molecule has 0 saturated carbocycles. The first-order chi connectivity index (χ1) is 10.3. The first-order valence-electron chi connectivity index (χ1n) is 7.54. The maximum atomic E-state index is 11.6. The second kappa shape index (κ2) is 10.8. The van der Waals surface area contributed by atoms with Crippen LogP contribution in [0.3, 0.4) is 0 Å². The highest BCUT2D eigenvalue weighted by molar-refractivity contribution is 5.91. The number of nitrogens with zero attached hydrogens (tertiary/aromatic N) is 1. The Morgan fingerprint density at radius 1 is 1.14 bits per heavy atom. The van der Waals surface area contributed by atoms with Crippen LogP contribution in [0.1, 0.15) is 43.2 Å². The SMILES string of the molecule is CCCCCCNC(=NC)NCCNC(=O)c1ccco1. The number of guanidine groups is 1. The highest BCUT2D eigenvalue weighted by atomic mass is 16.3. The molecule has 0 aliphatic rings. The van der Waals surface area contributed by atoms with E-state index in [-0.39, 0.29) is 5.91 Å². The van der Waals surface area contributed by atoms with Crippen molar-refractivity contribution in [2.24, 2.45) is 4.99 Å². The lowest BCUT2D eigenvalue weighted by atomic mass is 10.2. The molecule has 1 rings (SSSR count). The smallest absolute Gasteiger partial charge is 0.287 e. The van der Waals surface area contributed by atoms with Crippen molar-refractivity contribution in [3.63, 3.8) is 0 Å². The van der Waals surface area contributed by atoms with Crippen LogP contribution < -0.4 is 16.0 Å². The van der Waals surface area contributed by atoms with Gasteiger partial charge in [-0.1, -0.05) is 26.2 Å². The molecule has 0 aromatic carbocycles. The number of rotatable bonds is 9. The van der Waals surface area contributed by atoms with Gasteiger partial charge < -0.3 is 20.4 Å². The second-order valence-electron chi connectivity index (χ2n) is 4.72. The number of nitrogens with one attached hydrogen (secondary N) is 3. The molecule has 0 spiro atoms. The van der Waals surface area contributed by atoms with Gasteiger partial charge in [0, 0.05) is 26.7 Å². The predicted octanol–water partition coefficient (Wildman–Crippen LogP) is 1.75. The van der Waals surface area contributed by atoms with Gasteiger partial charge >= 0.3 is 0 Å². The molecule has 6 nitrogen and oxygen atoms in total. The van der Waals surface area contributed by atoms with Gasteiger partial charge in [-0.15, -0.1) is 0 Å². The number of hydrogen-bond donors (Lipinski definition) is 3. The van der Waals surface area contributed by atoms with E-state index in [0.717, 1.165) is 18.9 Å². The van der Waals surface area contributed by atoms with E-state index in [4.69, 9.17) is 4.42 Å². The van der Waals surface area contributed by atoms with Crippen LogP contribution in [-0.4, -0.2) is 38.5 Å². The molecule has 1 amide bonds. The van der Waals surface area contributed by atoms with Gasteiger partial charge in [0.15, 0.2) is 11.7 Å². The summed E-state index contributed by atoms with van der Waals surface area (Å²) in [6.07, 6.45) is 6.37. The Balaban J connectivity index is 2.08. The van der Waals surface area contributed by atoms with Crippen LogP contribution in [0, 0.1) is 0 Å². The minimum absolute atomic E-state index is 0.204. The van der Waals surface area contributed by atoms with Gasteiger partial charge in [0.05, 0.1) is 6.26 Å². The molecule has 0 bridgehead atoms. The molecule has 1 aromatic heterocycles. The summed E-state index contributed by atoms with van der Waals surface area (Å²) >= 11 is 0. The van der Waals surface area contributed by atoms with Crippen molar-refractivity contribution in [2.45, 2.75) is 32.6 Å². The van der Waals surface area contributed by atoms with E-state index in [1.54, 1.807) is 19.2 Å². The van der Waals surface area contributed by atoms with Gasteiger partial charge in [-0.3, -0.25) is 9.79 Å². The predicted molar refractivity (Wildman–Crippen MR) is 84.5 cm³/mol. The summed E-state index contributed by atoms with van der Waals surface area (Å²) < 4.78 is 5.01. The van der Waals surface area contributed by atoms with E-state index in [1.807, 2.05) is 0 Å². The van der Waals surface area contributed by atoms with E-state index in [1.165, 1.54) is 25.5 Å². The summed E-state index contributed by atoms with van der Waals surface area (Å²) in [6.45, 7) is 4.24. The Bertz CT molecular complexity index is 415. The largest absolute Gasteiger partial charge is 0.459 e. The first-order valence-corrected chi connectivity index (χ1v) is 7.54. The van der Waals surface area contributed by atoms with Gasteiger partial charge in [0.1, 0.15) is 0 Å². The number of hydrogen-bond acceptors (Lipinski definition) is 3. The van der Waals surface area contributed by atoms with Crippen molar-refractivity contribution >= 4 is 11.9 Å². The Morgan fingerprint density at radius 2 is 1.90 bits per heavy atom. The average Bonchev–Trinajstić information content (AvgIpc) is 3.03. The lowest BCUT2D eigenvalue weighted by Crippen LogP contribution is -2.41. The van der Waals surface area contributed by atoms with Gasteiger partial charge in [0.25, 0.3) is 5.91 Å². The number of furan rings is 1. The van der Waals surface area contributed by atoms with Crippen molar-refractivity contribution in [2.75, 3.05) is 26.7 Å². The molecule has 1 aromatic rings. The quantitative estimate of drug-likeness (QED) is 0.368. The monoisotopic (exact) mass is 294 g/mol. The van der Waals surface area contributed by atoms with E-state index >= 15 is 0 Å². The van der Waals surface area contributed by atoms with Crippen LogP contribution in [-0.2, 0) is 0 Å². The number of unbranched alkanes of at least 4 members (excludes halogenated alkanes) is 3. The lowest BCUT2D eigenvalue weighted by molar-refractivity contribution is 0.0926. The van der Waals surface area contributed by atoms with Crippen molar-refractivity contribution in [3.05, 3.63) is 24.2 Å². The molecule has 3 N–H and O–H groups in total. The van der Waals surface area contributed by atoms with E-state index in [0.29, 0.717) is 18.8 Å². The fraction of sp³-hybridized carbons (Fsp3) is 0.600. The molecular formula is C15H26N4O2. The minimum Gasteiger partial charge on any atom is -0.459 e. The highest BCUT2D eigenvalue weighted by Crippen LogP contribution is 1.98. The third-order valence-corrected chi connectivity index (χ3v) is 2.99. The zero-order valence-corrected chi connectivity index (χ0v) is 12.9. The van der Waals surface area contributed by atoms with Crippen molar-refractivity contribution in [1.29, 1.82) is 0 Å². The van der Waals surface area contributed by atoms with E-state index < -0.39 is 0 Å². The molecule has 0 aliphatic heterocycles. The van der Waals surface area contributed by atoms with Crippen LogP contribution in [0.5, 0.6) is 0 Å². The van der Waals surface area contributed by atoms with Crippen LogP contribution in [0.2, 0.25) is 0 Å². The summed E-state index contributed by atoms with van der Waals surface area (Å²) in [5, 5.41) is 9.18. The summed E-state index contributed by atoms with van der Waals surface area (Å²) in [5.41, 5.74) is 0. The minimum atomic E-state index is -0.204. The third kappa shape index (κ3) is 7.39. The Hall–Kier alpha value is -1.98. The topological polar surface area (TPSA) is 78.7 Å². The van der Waals surface area contributed by atoms with E-state index in [9.17, 15) is 4.79 Å². The first kappa shape index (κ1) is 17.1. The average molecular weight is 294 g/mol. The fourth-order valence-electron chi connectivity index (χ4n) is 1.83. The van der Waals surface area contributed by atoms with Gasteiger partial charge in [-0.2, -0.15) is 0 Å². The van der Waals surface area contributed by atoms with Crippen molar-refractivity contribution < 1.29 is 9.21 Å². The Kier molecular flexibility index (Phi) is 8.75. The molecule has 6 heteroatoms. The number of amides is 1. The van der Waals surface area contributed by atoms with Crippen LogP contribution >= 0.6 is 0 Å². The van der Waals surface area contributed by atoms with Gasteiger partial charge in [-0.05, 0) is 18.6 Å². The van der Waals surface area contributed by atoms with Crippen molar-refractivity contribution in [3.8, 4) is 0 Å². The molecule has 0 atom stereocenters.